The Hall–Kier alpha value is -1.86. The number of benzene rings is 2. The zero-order chi connectivity index (χ0) is 17.1. The van der Waals surface area contributed by atoms with Crippen LogP contribution in [0, 0.1) is 0 Å². The van der Waals surface area contributed by atoms with Gasteiger partial charge in [0.15, 0.2) is 6.10 Å². The Bertz CT molecular complexity index is 889. The molecule has 1 unspecified atom stereocenters. The van der Waals surface area contributed by atoms with Gasteiger partial charge in [-0.15, -0.1) is 0 Å². The molecule has 0 bridgehead atoms. The molecule has 0 aliphatic carbocycles. The number of halogens is 1. The average molecular weight is 368 g/mol. The SMILES string of the molecule is CC(Oc1ccc(Oc2cnc3ccc(Cl)cc3n2)cc1)C(=O)O.[Na+]. The van der Waals surface area contributed by atoms with Crippen LogP contribution >= 0.6 is 11.6 Å². The number of carbonyl (C=O) groups is 1. The van der Waals surface area contributed by atoms with Crippen LogP contribution in [0.5, 0.6) is 17.4 Å². The standard InChI is InChI=1S/C17H13ClN2O4.Na/c1-10(17(21)22)23-12-3-5-13(6-4-12)24-16-9-19-14-7-2-11(18)8-15(14)20-16;/h2-10H,1H3,(H,21,22);/q;+1. The Morgan fingerprint density at radius 1 is 1.12 bits per heavy atom. The molecule has 3 aromatic rings. The molecule has 2 aromatic carbocycles. The van der Waals surface area contributed by atoms with E-state index in [-0.39, 0.29) is 29.6 Å². The summed E-state index contributed by atoms with van der Waals surface area (Å²) in [5.41, 5.74) is 1.35. The second kappa shape index (κ2) is 8.49. The summed E-state index contributed by atoms with van der Waals surface area (Å²) in [5.74, 6) is 0.271. The smallest absolute Gasteiger partial charge is 0.479 e. The van der Waals surface area contributed by atoms with Crippen LogP contribution in [0.4, 0.5) is 0 Å². The van der Waals surface area contributed by atoms with Crippen molar-refractivity contribution in [1.29, 1.82) is 0 Å². The van der Waals surface area contributed by atoms with E-state index in [2.05, 4.69) is 9.97 Å². The molecule has 0 fully saturated rings. The second-order valence-electron chi connectivity index (χ2n) is 5.01. The van der Waals surface area contributed by atoms with E-state index in [9.17, 15) is 4.79 Å². The van der Waals surface area contributed by atoms with Gasteiger partial charge < -0.3 is 14.6 Å². The first-order valence-electron chi connectivity index (χ1n) is 7.11. The van der Waals surface area contributed by atoms with Gasteiger partial charge in [-0.25, -0.2) is 14.8 Å². The van der Waals surface area contributed by atoms with Gasteiger partial charge in [-0.2, -0.15) is 0 Å². The van der Waals surface area contributed by atoms with Crippen molar-refractivity contribution >= 4 is 28.6 Å². The first-order valence-corrected chi connectivity index (χ1v) is 7.49. The number of ether oxygens (including phenoxy) is 2. The molecule has 0 spiro atoms. The van der Waals surface area contributed by atoms with Crippen LogP contribution in [0.3, 0.4) is 0 Å². The van der Waals surface area contributed by atoms with E-state index in [1.807, 2.05) is 0 Å². The number of aliphatic carboxylic acids is 1. The Morgan fingerprint density at radius 3 is 2.48 bits per heavy atom. The fourth-order valence-electron chi connectivity index (χ4n) is 1.98. The molecule has 3 rings (SSSR count). The van der Waals surface area contributed by atoms with Gasteiger partial charge in [-0.3, -0.25) is 0 Å². The van der Waals surface area contributed by atoms with Crippen LogP contribution in [0.25, 0.3) is 11.0 Å². The van der Waals surface area contributed by atoms with Gasteiger partial charge in [0.25, 0.3) is 0 Å². The minimum absolute atomic E-state index is 0. The molecule has 0 aliphatic rings. The Morgan fingerprint density at radius 2 is 1.80 bits per heavy atom. The predicted octanol–water partition coefficient (Wildman–Crippen LogP) is 0.931. The van der Waals surface area contributed by atoms with Crippen molar-refractivity contribution in [3.8, 4) is 17.4 Å². The molecule has 0 aliphatic heterocycles. The van der Waals surface area contributed by atoms with Crippen molar-refractivity contribution in [3.63, 3.8) is 0 Å². The summed E-state index contributed by atoms with van der Waals surface area (Å²) in [5, 5.41) is 9.40. The van der Waals surface area contributed by atoms with Crippen LogP contribution in [0.1, 0.15) is 6.92 Å². The van der Waals surface area contributed by atoms with Crippen molar-refractivity contribution in [3.05, 3.63) is 53.7 Å². The second-order valence-corrected chi connectivity index (χ2v) is 5.45. The summed E-state index contributed by atoms with van der Waals surface area (Å²) < 4.78 is 10.9. The molecule has 1 atom stereocenters. The van der Waals surface area contributed by atoms with E-state index in [4.69, 9.17) is 26.2 Å². The molecule has 6 nitrogen and oxygen atoms in total. The average Bonchev–Trinajstić information content (AvgIpc) is 2.56. The Kier molecular flexibility index (Phi) is 6.61. The molecule has 0 saturated carbocycles. The largest absolute Gasteiger partial charge is 1.00 e. The summed E-state index contributed by atoms with van der Waals surface area (Å²) in [6, 6.07) is 11.8. The van der Waals surface area contributed by atoms with E-state index in [1.165, 1.54) is 13.1 Å². The summed E-state index contributed by atoms with van der Waals surface area (Å²) in [6.45, 7) is 1.46. The quantitative estimate of drug-likeness (QED) is 0.676. The number of hydrogen-bond acceptors (Lipinski definition) is 5. The minimum atomic E-state index is -1.03. The van der Waals surface area contributed by atoms with Gasteiger partial charge in [0, 0.05) is 5.02 Å². The maximum Gasteiger partial charge on any atom is 1.00 e. The number of carboxylic acid groups (broad SMARTS) is 1. The molecule has 8 heteroatoms. The molecule has 0 amide bonds. The van der Waals surface area contributed by atoms with E-state index in [1.54, 1.807) is 42.5 Å². The number of rotatable bonds is 5. The zero-order valence-corrected chi connectivity index (χ0v) is 16.4. The molecule has 25 heavy (non-hydrogen) atoms. The van der Waals surface area contributed by atoms with Gasteiger partial charge in [0.05, 0.1) is 17.2 Å². The third-order valence-electron chi connectivity index (χ3n) is 3.19. The van der Waals surface area contributed by atoms with Crippen molar-refractivity contribution < 1.29 is 48.9 Å². The topological polar surface area (TPSA) is 81.5 Å². The molecule has 0 saturated heterocycles. The predicted molar refractivity (Wildman–Crippen MR) is 88.8 cm³/mol. The minimum Gasteiger partial charge on any atom is -0.479 e. The number of fused-ring (bicyclic) bond motifs is 1. The summed E-state index contributed by atoms with van der Waals surface area (Å²) in [6.07, 6.45) is 0.598. The Balaban J connectivity index is 0.00000225. The van der Waals surface area contributed by atoms with E-state index in [0.29, 0.717) is 27.9 Å². The van der Waals surface area contributed by atoms with Crippen LogP contribution in [0.2, 0.25) is 5.02 Å². The van der Waals surface area contributed by atoms with Crippen LogP contribution < -0.4 is 39.0 Å². The van der Waals surface area contributed by atoms with Crippen molar-refractivity contribution in [2.24, 2.45) is 0 Å². The van der Waals surface area contributed by atoms with Gasteiger partial charge in [-0.1, -0.05) is 11.6 Å². The number of carboxylic acids is 1. The summed E-state index contributed by atoms with van der Waals surface area (Å²) in [7, 11) is 0. The summed E-state index contributed by atoms with van der Waals surface area (Å²) >= 11 is 5.95. The molecule has 1 N–H and O–H groups in total. The Labute approximate surface area is 171 Å². The van der Waals surface area contributed by atoms with Crippen LogP contribution in [-0.2, 0) is 4.79 Å². The molecular formula is C17H13ClN2NaO4+. The number of aromatic nitrogens is 2. The molecule has 1 heterocycles. The number of hydrogen-bond donors (Lipinski definition) is 1. The van der Waals surface area contributed by atoms with Gasteiger partial charge in [-0.05, 0) is 49.4 Å². The fraction of sp³-hybridized carbons (Fsp3) is 0.118. The molecule has 1 aromatic heterocycles. The third-order valence-corrected chi connectivity index (χ3v) is 3.42. The number of nitrogens with zero attached hydrogens (tertiary/aromatic N) is 2. The van der Waals surface area contributed by atoms with Gasteiger partial charge in [0.1, 0.15) is 11.5 Å². The van der Waals surface area contributed by atoms with Crippen molar-refractivity contribution in [1.82, 2.24) is 9.97 Å². The van der Waals surface area contributed by atoms with Crippen LogP contribution in [0.15, 0.2) is 48.7 Å². The first kappa shape index (κ1) is 19.5. The van der Waals surface area contributed by atoms with Gasteiger partial charge >= 0.3 is 35.5 Å². The van der Waals surface area contributed by atoms with Crippen molar-refractivity contribution in [2.75, 3.05) is 0 Å². The zero-order valence-electron chi connectivity index (χ0n) is 13.6. The van der Waals surface area contributed by atoms with Gasteiger partial charge in [0.2, 0.25) is 5.88 Å². The maximum atomic E-state index is 10.8. The first-order chi connectivity index (χ1) is 11.5. The van der Waals surface area contributed by atoms with E-state index in [0.717, 1.165) is 5.52 Å². The van der Waals surface area contributed by atoms with E-state index >= 15 is 0 Å². The maximum absolute atomic E-state index is 10.8. The third kappa shape index (κ3) is 5.06. The molecule has 0 radical (unpaired) electrons. The van der Waals surface area contributed by atoms with Crippen molar-refractivity contribution in [2.45, 2.75) is 13.0 Å². The molecular weight excluding hydrogens is 355 g/mol. The molecule has 122 valence electrons. The normalized spacial score (nSPS) is 11.4. The van der Waals surface area contributed by atoms with E-state index < -0.39 is 12.1 Å². The monoisotopic (exact) mass is 367 g/mol. The fourth-order valence-corrected chi connectivity index (χ4v) is 2.14. The summed E-state index contributed by atoms with van der Waals surface area (Å²) in [4.78, 5) is 19.4. The van der Waals surface area contributed by atoms with Crippen LogP contribution in [-0.4, -0.2) is 27.1 Å².